The molecule has 0 aliphatic heterocycles. The van der Waals surface area contributed by atoms with Crippen LogP contribution in [-0.4, -0.2) is 49.0 Å². The predicted octanol–water partition coefficient (Wildman–Crippen LogP) is 0.716. The van der Waals surface area contributed by atoms with Gasteiger partial charge in [-0.1, -0.05) is 47.7 Å². The molecule has 178 valence electrons. The molecule has 0 saturated heterocycles. The molecular formula is C21H22N6O5S2. The SMILES string of the molecule is Cc1cccc(S(=O)(=O)NC(CN)C(=O)OC(=O)Cc2nnc(-c3ccc(C(=N)N)cc3)s2)c1. The predicted molar refractivity (Wildman–Crippen MR) is 126 cm³/mol. The van der Waals surface area contributed by atoms with Gasteiger partial charge in [0.15, 0.2) is 0 Å². The number of nitrogens with two attached hydrogens (primary N) is 2. The van der Waals surface area contributed by atoms with Crippen LogP contribution < -0.4 is 16.2 Å². The summed E-state index contributed by atoms with van der Waals surface area (Å²) >= 11 is 1.12. The van der Waals surface area contributed by atoms with Gasteiger partial charge in [-0.15, -0.1) is 10.2 Å². The number of amidine groups is 1. The molecule has 0 amide bonds. The van der Waals surface area contributed by atoms with Crippen LogP contribution in [0, 0.1) is 12.3 Å². The molecular weight excluding hydrogens is 480 g/mol. The third kappa shape index (κ3) is 6.29. The van der Waals surface area contributed by atoms with Gasteiger partial charge < -0.3 is 16.2 Å². The van der Waals surface area contributed by atoms with Crippen molar-refractivity contribution in [1.82, 2.24) is 14.9 Å². The van der Waals surface area contributed by atoms with Crippen LogP contribution in [0.4, 0.5) is 0 Å². The Bertz CT molecular complexity index is 1320. The number of nitrogens with zero attached hydrogens (tertiary/aromatic N) is 2. The quantitative estimate of drug-likeness (QED) is 0.141. The van der Waals surface area contributed by atoms with Crippen LogP contribution in [-0.2, 0) is 30.8 Å². The van der Waals surface area contributed by atoms with Crippen molar-refractivity contribution in [3.8, 4) is 10.6 Å². The van der Waals surface area contributed by atoms with E-state index < -0.39 is 34.5 Å². The van der Waals surface area contributed by atoms with Crippen molar-refractivity contribution in [2.45, 2.75) is 24.3 Å². The van der Waals surface area contributed by atoms with Gasteiger partial charge in [-0.25, -0.2) is 13.2 Å². The molecule has 0 bridgehead atoms. The fourth-order valence-electron chi connectivity index (χ4n) is 2.81. The summed E-state index contributed by atoms with van der Waals surface area (Å²) in [5, 5.41) is 16.2. The number of carbonyl (C=O) groups excluding carboxylic acids is 2. The fraction of sp³-hybridized carbons (Fsp3) is 0.190. The lowest BCUT2D eigenvalue weighted by atomic mass is 10.1. The number of ether oxygens (including phenoxy) is 1. The molecule has 6 N–H and O–H groups in total. The van der Waals surface area contributed by atoms with Crippen molar-refractivity contribution >= 4 is 39.1 Å². The maximum atomic E-state index is 12.5. The Kier molecular flexibility index (Phi) is 7.83. The molecule has 0 spiro atoms. The van der Waals surface area contributed by atoms with Crippen molar-refractivity contribution in [2.75, 3.05) is 6.54 Å². The largest absolute Gasteiger partial charge is 0.392 e. The zero-order valence-electron chi connectivity index (χ0n) is 18.0. The van der Waals surface area contributed by atoms with Crippen LogP contribution in [0.1, 0.15) is 16.1 Å². The molecule has 0 radical (unpaired) electrons. The fourth-order valence-corrected chi connectivity index (χ4v) is 4.94. The Morgan fingerprint density at radius 3 is 2.50 bits per heavy atom. The molecule has 13 heteroatoms. The number of hydrogen-bond acceptors (Lipinski definition) is 10. The van der Waals surface area contributed by atoms with Gasteiger partial charge >= 0.3 is 11.9 Å². The highest BCUT2D eigenvalue weighted by molar-refractivity contribution is 7.89. The molecule has 1 aromatic heterocycles. The maximum Gasteiger partial charge on any atom is 0.333 e. The van der Waals surface area contributed by atoms with Crippen molar-refractivity contribution in [2.24, 2.45) is 11.5 Å². The number of carbonyl (C=O) groups is 2. The highest BCUT2D eigenvalue weighted by atomic mass is 32.2. The Morgan fingerprint density at radius 2 is 1.88 bits per heavy atom. The van der Waals surface area contributed by atoms with E-state index >= 15 is 0 Å². The number of sulfonamides is 1. The van der Waals surface area contributed by atoms with Gasteiger partial charge in [0.2, 0.25) is 10.0 Å². The van der Waals surface area contributed by atoms with E-state index in [1.165, 1.54) is 12.1 Å². The van der Waals surface area contributed by atoms with Gasteiger partial charge in [0.1, 0.15) is 28.3 Å². The number of aryl methyl sites for hydroxylation is 1. The van der Waals surface area contributed by atoms with Gasteiger partial charge in [0.25, 0.3) is 0 Å². The summed E-state index contributed by atoms with van der Waals surface area (Å²) in [6.45, 7) is 1.32. The zero-order chi connectivity index (χ0) is 24.9. The molecule has 11 nitrogen and oxygen atoms in total. The van der Waals surface area contributed by atoms with Gasteiger partial charge in [0.05, 0.1) is 4.90 Å². The standard InChI is InChI=1S/C21H22N6O5S2/c1-12-3-2-4-15(9-12)34(30,31)27-16(11-22)21(29)32-18(28)10-17-25-26-20(33-17)14-7-5-13(6-8-14)19(23)24/h2-9,16,27H,10-11,22H2,1H3,(H3,23,24). The second-order valence-electron chi connectivity index (χ2n) is 7.19. The minimum absolute atomic E-state index is 0.0391. The van der Waals surface area contributed by atoms with E-state index in [1.807, 2.05) is 0 Å². The number of esters is 2. The topological polar surface area (TPSA) is 191 Å². The third-order valence-electron chi connectivity index (χ3n) is 4.54. The van der Waals surface area contributed by atoms with Crippen LogP contribution >= 0.6 is 11.3 Å². The van der Waals surface area contributed by atoms with Gasteiger partial charge in [0, 0.05) is 17.7 Å². The molecule has 0 saturated carbocycles. The normalized spacial score (nSPS) is 12.2. The number of hydrogen-bond donors (Lipinski definition) is 4. The second kappa shape index (κ2) is 10.6. The lowest BCUT2D eigenvalue weighted by molar-refractivity contribution is -0.160. The molecule has 34 heavy (non-hydrogen) atoms. The molecule has 2 aromatic carbocycles. The van der Waals surface area contributed by atoms with Crippen LogP contribution in [0.2, 0.25) is 0 Å². The minimum atomic E-state index is -4.05. The van der Waals surface area contributed by atoms with E-state index in [9.17, 15) is 18.0 Å². The maximum absolute atomic E-state index is 12.5. The first-order valence-electron chi connectivity index (χ1n) is 9.90. The van der Waals surface area contributed by atoms with E-state index in [4.69, 9.17) is 21.6 Å². The zero-order valence-corrected chi connectivity index (χ0v) is 19.7. The molecule has 0 aliphatic carbocycles. The number of rotatable bonds is 9. The molecule has 0 fully saturated rings. The summed E-state index contributed by atoms with van der Waals surface area (Å²) in [5.41, 5.74) is 13.0. The number of aromatic nitrogens is 2. The molecule has 1 unspecified atom stereocenters. The second-order valence-corrected chi connectivity index (χ2v) is 9.96. The van der Waals surface area contributed by atoms with Crippen molar-refractivity contribution in [1.29, 1.82) is 5.41 Å². The summed E-state index contributed by atoms with van der Waals surface area (Å²) < 4.78 is 32.0. The smallest absolute Gasteiger partial charge is 0.333 e. The Balaban J connectivity index is 1.61. The van der Waals surface area contributed by atoms with Gasteiger partial charge in [-0.2, -0.15) is 4.72 Å². The van der Waals surface area contributed by atoms with Gasteiger partial charge in [-0.05, 0) is 24.6 Å². The van der Waals surface area contributed by atoms with Gasteiger partial charge in [-0.3, -0.25) is 10.2 Å². The Hall–Kier alpha value is -3.52. The summed E-state index contributed by atoms with van der Waals surface area (Å²) in [5.74, 6) is -2.10. The highest BCUT2D eigenvalue weighted by Crippen LogP contribution is 2.24. The average Bonchev–Trinajstić information content (AvgIpc) is 3.25. The summed E-state index contributed by atoms with van der Waals surface area (Å²) in [7, 11) is -4.05. The van der Waals surface area contributed by atoms with Crippen LogP contribution in [0.25, 0.3) is 10.6 Å². The Morgan fingerprint density at radius 1 is 1.18 bits per heavy atom. The van der Waals surface area contributed by atoms with Crippen molar-refractivity contribution in [3.63, 3.8) is 0 Å². The molecule has 3 rings (SSSR count). The molecule has 1 heterocycles. The molecule has 0 aliphatic rings. The average molecular weight is 503 g/mol. The summed E-state index contributed by atoms with van der Waals surface area (Å²) in [6.07, 6.45) is -0.336. The minimum Gasteiger partial charge on any atom is -0.392 e. The van der Waals surface area contributed by atoms with Crippen LogP contribution in [0.15, 0.2) is 53.4 Å². The van der Waals surface area contributed by atoms with Crippen LogP contribution in [0.3, 0.4) is 0 Å². The van der Waals surface area contributed by atoms with Crippen LogP contribution in [0.5, 0.6) is 0 Å². The Labute approximate surface area is 199 Å². The van der Waals surface area contributed by atoms with Crippen molar-refractivity contribution in [3.05, 3.63) is 64.7 Å². The first kappa shape index (κ1) is 25.1. The summed E-state index contributed by atoms with van der Waals surface area (Å²) in [4.78, 5) is 24.5. The molecule has 3 aromatic rings. The number of nitrogen functional groups attached to an aromatic ring is 1. The van der Waals surface area contributed by atoms with E-state index in [1.54, 1.807) is 43.3 Å². The number of nitrogens with one attached hydrogen (secondary N) is 2. The third-order valence-corrected chi connectivity index (χ3v) is 6.98. The van der Waals surface area contributed by atoms with E-state index in [0.717, 1.165) is 16.9 Å². The van der Waals surface area contributed by atoms with Crippen molar-refractivity contribution < 1.29 is 22.7 Å². The molecule has 1 atom stereocenters. The lowest BCUT2D eigenvalue weighted by Crippen LogP contribution is -2.47. The first-order valence-corrected chi connectivity index (χ1v) is 12.2. The number of benzene rings is 2. The highest BCUT2D eigenvalue weighted by Gasteiger charge is 2.28. The summed E-state index contributed by atoms with van der Waals surface area (Å²) in [6, 6.07) is 11.4. The first-order chi connectivity index (χ1) is 16.1. The van der Waals surface area contributed by atoms with E-state index in [2.05, 4.69) is 14.9 Å². The van der Waals surface area contributed by atoms with E-state index in [0.29, 0.717) is 21.1 Å². The monoisotopic (exact) mass is 502 g/mol. The van der Waals surface area contributed by atoms with E-state index in [-0.39, 0.29) is 17.2 Å². The lowest BCUT2D eigenvalue weighted by Gasteiger charge is -2.15.